The van der Waals surface area contributed by atoms with Crippen molar-refractivity contribution in [1.29, 1.82) is 0 Å². The standard InChI is InChI=1S/C7H9ClN2O4S/c1-13-5-4(8)6(15(3,11)12)10-7(9-5)14-2/h1-3H3. The van der Waals surface area contributed by atoms with Crippen LogP contribution in [0.5, 0.6) is 11.9 Å². The lowest BCUT2D eigenvalue weighted by Gasteiger charge is -2.07. The van der Waals surface area contributed by atoms with Gasteiger partial charge in [-0.3, -0.25) is 0 Å². The minimum Gasteiger partial charge on any atom is -0.480 e. The van der Waals surface area contributed by atoms with Crippen LogP contribution in [0.1, 0.15) is 0 Å². The highest BCUT2D eigenvalue weighted by Crippen LogP contribution is 2.29. The van der Waals surface area contributed by atoms with Gasteiger partial charge in [-0.2, -0.15) is 9.97 Å². The largest absolute Gasteiger partial charge is 0.480 e. The van der Waals surface area contributed by atoms with Crippen molar-refractivity contribution < 1.29 is 17.9 Å². The predicted octanol–water partition coefficient (Wildman–Crippen LogP) is 0.551. The summed E-state index contributed by atoms with van der Waals surface area (Å²) in [4.78, 5) is 7.37. The van der Waals surface area contributed by atoms with Crippen molar-refractivity contribution in [3.63, 3.8) is 0 Å². The van der Waals surface area contributed by atoms with Crippen LogP contribution in [0, 0.1) is 0 Å². The molecule has 6 nitrogen and oxygen atoms in total. The van der Waals surface area contributed by atoms with Gasteiger partial charge in [0, 0.05) is 6.26 Å². The van der Waals surface area contributed by atoms with Crippen molar-refractivity contribution in [2.45, 2.75) is 5.03 Å². The second kappa shape index (κ2) is 4.19. The zero-order valence-electron chi connectivity index (χ0n) is 8.31. The summed E-state index contributed by atoms with van der Waals surface area (Å²) in [7, 11) is -0.908. The Hall–Kier alpha value is -1.08. The molecule has 0 amide bonds. The molecule has 0 aliphatic heterocycles. The Morgan fingerprint density at radius 3 is 2.20 bits per heavy atom. The first-order chi connectivity index (χ1) is 6.90. The Balaban J connectivity index is 3.51. The second-order valence-electron chi connectivity index (χ2n) is 2.61. The monoisotopic (exact) mass is 252 g/mol. The Morgan fingerprint density at radius 2 is 1.80 bits per heavy atom. The molecule has 0 spiro atoms. The Morgan fingerprint density at radius 1 is 1.20 bits per heavy atom. The molecule has 1 aromatic heterocycles. The maximum absolute atomic E-state index is 11.3. The minimum atomic E-state index is -3.54. The third kappa shape index (κ3) is 2.48. The van der Waals surface area contributed by atoms with Crippen molar-refractivity contribution in [3.8, 4) is 11.9 Å². The zero-order chi connectivity index (χ0) is 11.6. The van der Waals surface area contributed by atoms with E-state index < -0.39 is 9.84 Å². The SMILES string of the molecule is COc1nc(OC)c(Cl)c(S(C)(=O)=O)n1. The summed E-state index contributed by atoms with van der Waals surface area (Å²) < 4.78 is 32.1. The molecule has 0 radical (unpaired) electrons. The summed E-state index contributed by atoms with van der Waals surface area (Å²) in [6.45, 7) is 0. The fourth-order valence-electron chi connectivity index (χ4n) is 0.861. The fourth-order valence-corrected chi connectivity index (χ4v) is 2.10. The number of hydrogen-bond acceptors (Lipinski definition) is 6. The summed E-state index contributed by atoms with van der Waals surface area (Å²) in [5.74, 6) is -0.0380. The van der Waals surface area contributed by atoms with Crippen LogP contribution in [0.15, 0.2) is 5.03 Å². The molecular formula is C7H9ClN2O4S. The molecule has 1 aromatic rings. The van der Waals surface area contributed by atoms with Gasteiger partial charge in [-0.15, -0.1) is 0 Å². The lowest BCUT2D eigenvalue weighted by molar-refractivity contribution is 0.347. The van der Waals surface area contributed by atoms with Gasteiger partial charge in [-0.05, 0) is 0 Å². The van der Waals surface area contributed by atoms with Crippen molar-refractivity contribution in [2.24, 2.45) is 0 Å². The van der Waals surface area contributed by atoms with Crippen molar-refractivity contribution in [2.75, 3.05) is 20.5 Å². The van der Waals surface area contributed by atoms with Crippen molar-refractivity contribution in [1.82, 2.24) is 9.97 Å². The lowest BCUT2D eigenvalue weighted by atomic mass is 10.6. The molecule has 0 unspecified atom stereocenters. The molecule has 0 N–H and O–H groups in total. The van der Waals surface area contributed by atoms with Crippen molar-refractivity contribution >= 4 is 21.4 Å². The van der Waals surface area contributed by atoms with Gasteiger partial charge in [0.25, 0.3) is 0 Å². The highest BCUT2D eigenvalue weighted by molar-refractivity contribution is 7.90. The van der Waals surface area contributed by atoms with Crippen LogP contribution < -0.4 is 9.47 Å². The molecule has 84 valence electrons. The Bertz CT molecular complexity index is 474. The van der Waals surface area contributed by atoms with Crippen LogP contribution in [0.3, 0.4) is 0 Å². The zero-order valence-corrected chi connectivity index (χ0v) is 9.89. The molecule has 8 heteroatoms. The van der Waals surface area contributed by atoms with Crippen molar-refractivity contribution in [3.05, 3.63) is 5.02 Å². The molecule has 0 aliphatic carbocycles. The van der Waals surface area contributed by atoms with Gasteiger partial charge in [-0.25, -0.2) is 8.42 Å². The van der Waals surface area contributed by atoms with Gasteiger partial charge in [0.2, 0.25) is 5.88 Å². The van der Waals surface area contributed by atoms with Crippen LogP contribution in [-0.4, -0.2) is 38.9 Å². The van der Waals surface area contributed by atoms with Gasteiger partial charge in [0.1, 0.15) is 5.02 Å². The average Bonchev–Trinajstić information content (AvgIpc) is 2.16. The van der Waals surface area contributed by atoms with E-state index in [1.807, 2.05) is 0 Å². The minimum absolute atomic E-state index is 0.0380. The smallest absolute Gasteiger partial charge is 0.320 e. The number of rotatable bonds is 3. The van der Waals surface area contributed by atoms with E-state index >= 15 is 0 Å². The summed E-state index contributed by atoms with van der Waals surface area (Å²) in [6.07, 6.45) is 0.986. The average molecular weight is 253 g/mol. The summed E-state index contributed by atoms with van der Waals surface area (Å²) >= 11 is 5.74. The molecule has 15 heavy (non-hydrogen) atoms. The first-order valence-corrected chi connectivity index (χ1v) is 6.02. The summed E-state index contributed by atoms with van der Waals surface area (Å²) in [5, 5.41) is -0.464. The van der Waals surface area contributed by atoms with E-state index in [0.29, 0.717) is 0 Å². The van der Waals surface area contributed by atoms with Crippen LogP contribution in [0.25, 0.3) is 0 Å². The van der Waals surface area contributed by atoms with Crippen LogP contribution >= 0.6 is 11.6 Å². The molecule has 0 saturated carbocycles. The highest BCUT2D eigenvalue weighted by Gasteiger charge is 2.21. The third-order valence-electron chi connectivity index (χ3n) is 1.50. The van der Waals surface area contributed by atoms with E-state index in [-0.39, 0.29) is 21.9 Å². The molecular weight excluding hydrogens is 244 g/mol. The van der Waals surface area contributed by atoms with E-state index in [4.69, 9.17) is 21.1 Å². The lowest BCUT2D eigenvalue weighted by Crippen LogP contribution is -2.06. The van der Waals surface area contributed by atoms with Crippen LogP contribution in [0.4, 0.5) is 0 Å². The topological polar surface area (TPSA) is 78.4 Å². The Kier molecular flexibility index (Phi) is 3.35. The maximum Gasteiger partial charge on any atom is 0.320 e. The second-order valence-corrected chi connectivity index (χ2v) is 4.92. The number of halogens is 1. The summed E-state index contributed by atoms with van der Waals surface area (Å²) in [6, 6.07) is -0.114. The number of hydrogen-bond donors (Lipinski definition) is 0. The summed E-state index contributed by atoms with van der Waals surface area (Å²) in [5.41, 5.74) is 0. The number of aromatic nitrogens is 2. The van der Waals surface area contributed by atoms with E-state index in [9.17, 15) is 8.42 Å². The molecule has 0 fully saturated rings. The van der Waals surface area contributed by atoms with Crippen LogP contribution in [-0.2, 0) is 9.84 Å². The van der Waals surface area contributed by atoms with Gasteiger partial charge in [-0.1, -0.05) is 11.6 Å². The third-order valence-corrected chi connectivity index (χ3v) is 2.95. The van der Waals surface area contributed by atoms with Gasteiger partial charge in [0.05, 0.1) is 14.2 Å². The van der Waals surface area contributed by atoms with Crippen LogP contribution in [0.2, 0.25) is 5.02 Å². The molecule has 1 rings (SSSR count). The number of sulfone groups is 1. The number of nitrogens with zero attached hydrogens (tertiary/aromatic N) is 2. The number of methoxy groups -OCH3 is 2. The fraction of sp³-hybridized carbons (Fsp3) is 0.429. The van der Waals surface area contributed by atoms with Gasteiger partial charge >= 0.3 is 6.01 Å². The highest BCUT2D eigenvalue weighted by atomic mass is 35.5. The predicted molar refractivity (Wildman–Crippen MR) is 53.3 cm³/mol. The van der Waals surface area contributed by atoms with E-state index in [2.05, 4.69) is 9.97 Å². The van der Waals surface area contributed by atoms with E-state index in [0.717, 1.165) is 6.26 Å². The Labute approximate surface area is 92.1 Å². The maximum atomic E-state index is 11.3. The molecule has 0 aliphatic rings. The molecule has 0 atom stereocenters. The van der Waals surface area contributed by atoms with E-state index in [1.165, 1.54) is 14.2 Å². The number of ether oxygens (including phenoxy) is 2. The van der Waals surface area contributed by atoms with Gasteiger partial charge < -0.3 is 9.47 Å². The molecule has 1 heterocycles. The normalized spacial score (nSPS) is 11.2. The molecule has 0 aromatic carbocycles. The van der Waals surface area contributed by atoms with E-state index in [1.54, 1.807) is 0 Å². The first kappa shape index (κ1) is 12.0. The van der Waals surface area contributed by atoms with Gasteiger partial charge in [0.15, 0.2) is 14.9 Å². The molecule has 0 bridgehead atoms. The molecule has 0 saturated heterocycles. The first-order valence-electron chi connectivity index (χ1n) is 3.75. The quantitative estimate of drug-likeness (QED) is 0.731.